The van der Waals surface area contributed by atoms with E-state index in [1.54, 1.807) is 6.07 Å². The number of dihydropyridines is 1. The minimum atomic E-state index is -0.465. The number of ketones is 2. The van der Waals surface area contributed by atoms with Gasteiger partial charge in [-0.3, -0.25) is 14.4 Å². The molecule has 3 aliphatic rings. The molecule has 2 aromatic carbocycles. The van der Waals surface area contributed by atoms with Gasteiger partial charge < -0.3 is 20.1 Å². The highest BCUT2D eigenvalue weighted by Crippen LogP contribution is 2.51. The molecule has 0 saturated heterocycles. The summed E-state index contributed by atoms with van der Waals surface area (Å²) in [6.45, 7) is 10.5. The monoisotopic (exact) mass is 542 g/mol. The lowest BCUT2D eigenvalue weighted by Gasteiger charge is -2.44. The number of amides is 1. The smallest absolute Gasteiger partial charge is 0.262 e. The highest BCUT2D eigenvalue weighted by Gasteiger charge is 2.46. The van der Waals surface area contributed by atoms with Crippen LogP contribution in [0.4, 0.5) is 5.69 Å². The van der Waals surface area contributed by atoms with E-state index in [0.717, 1.165) is 29.8 Å². The van der Waals surface area contributed by atoms with Crippen molar-refractivity contribution in [3.05, 3.63) is 76.6 Å². The third kappa shape index (κ3) is 5.69. The Bertz CT molecular complexity index is 1370. The summed E-state index contributed by atoms with van der Waals surface area (Å²) in [6.07, 6.45) is 2.35. The van der Waals surface area contributed by atoms with Gasteiger partial charge in [0.25, 0.3) is 5.91 Å². The molecule has 0 spiro atoms. The van der Waals surface area contributed by atoms with Crippen LogP contribution >= 0.6 is 0 Å². The molecule has 2 N–H and O–H groups in total. The standard InChI is InChI=1S/C33H38N2O5/c1-6-39-27-14-20(12-13-26(27)40-19-28(38)34-21-10-8-7-9-11-21)29-30-22(15-32(2,3)17-24(30)36)35-23-16-33(4,5)18-25(37)31(23)29/h7-14,29,35H,6,15-19H2,1-5H3,(H,34,38). The average Bonchev–Trinajstić information content (AvgIpc) is 2.86. The molecule has 0 fully saturated rings. The van der Waals surface area contributed by atoms with Crippen LogP contribution < -0.4 is 20.1 Å². The summed E-state index contributed by atoms with van der Waals surface area (Å²) >= 11 is 0. The molecule has 5 rings (SSSR count). The van der Waals surface area contributed by atoms with Crippen molar-refractivity contribution in [2.75, 3.05) is 18.5 Å². The van der Waals surface area contributed by atoms with Gasteiger partial charge in [0.05, 0.1) is 6.61 Å². The zero-order chi connectivity index (χ0) is 28.7. The van der Waals surface area contributed by atoms with Gasteiger partial charge >= 0.3 is 0 Å². The van der Waals surface area contributed by atoms with E-state index in [2.05, 4.69) is 38.3 Å². The van der Waals surface area contributed by atoms with Crippen LogP contribution in [0, 0.1) is 10.8 Å². The average molecular weight is 543 g/mol. The van der Waals surface area contributed by atoms with Crippen LogP contribution in [0.5, 0.6) is 11.5 Å². The Labute approximate surface area is 236 Å². The Kier molecular flexibility index (Phi) is 7.34. The highest BCUT2D eigenvalue weighted by molar-refractivity contribution is 6.06. The van der Waals surface area contributed by atoms with E-state index in [-0.39, 0.29) is 34.9 Å². The van der Waals surface area contributed by atoms with Crippen molar-refractivity contribution in [2.45, 2.75) is 66.2 Å². The molecule has 2 aliphatic carbocycles. The third-order valence-corrected chi connectivity index (χ3v) is 7.74. The van der Waals surface area contributed by atoms with Gasteiger partial charge in [0.2, 0.25) is 0 Å². The minimum Gasteiger partial charge on any atom is -0.490 e. The molecule has 1 heterocycles. The second-order valence-electron chi connectivity index (χ2n) is 12.6. The molecule has 0 bridgehead atoms. The molecule has 0 aromatic heterocycles. The zero-order valence-electron chi connectivity index (χ0n) is 24.0. The molecule has 1 amide bonds. The SMILES string of the molecule is CCOc1cc(C2C3=C(CC(C)(C)CC3=O)NC3=C2C(=O)CC(C)(C)C3)ccc1OCC(=O)Nc1ccccc1. The molecule has 210 valence electrons. The summed E-state index contributed by atoms with van der Waals surface area (Å²) in [5.41, 5.74) is 4.40. The van der Waals surface area contributed by atoms with Crippen LogP contribution in [-0.4, -0.2) is 30.7 Å². The lowest BCUT2D eigenvalue weighted by molar-refractivity contribution is -0.119. The fraction of sp³-hybridized carbons (Fsp3) is 0.424. The van der Waals surface area contributed by atoms with Crippen molar-refractivity contribution in [3.8, 4) is 11.5 Å². The van der Waals surface area contributed by atoms with Crippen molar-refractivity contribution in [1.29, 1.82) is 0 Å². The van der Waals surface area contributed by atoms with Gasteiger partial charge in [0, 0.05) is 47.0 Å². The number of benzene rings is 2. The van der Waals surface area contributed by atoms with Gasteiger partial charge in [-0.2, -0.15) is 0 Å². The van der Waals surface area contributed by atoms with Gasteiger partial charge in [0.15, 0.2) is 29.7 Å². The Morgan fingerprint density at radius 3 is 2.02 bits per heavy atom. The molecule has 0 atom stereocenters. The maximum atomic E-state index is 13.6. The first-order valence-corrected chi connectivity index (χ1v) is 14.0. The van der Waals surface area contributed by atoms with Crippen molar-refractivity contribution >= 4 is 23.2 Å². The van der Waals surface area contributed by atoms with Crippen LogP contribution in [0.25, 0.3) is 0 Å². The number of carbonyl (C=O) groups excluding carboxylic acids is 3. The Balaban J connectivity index is 1.49. The maximum Gasteiger partial charge on any atom is 0.262 e. The number of hydrogen-bond acceptors (Lipinski definition) is 6. The Hall–Kier alpha value is -3.87. The fourth-order valence-electron chi connectivity index (χ4n) is 6.18. The summed E-state index contributed by atoms with van der Waals surface area (Å²) in [5.74, 6) is 0.299. The topological polar surface area (TPSA) is 93.7 Å². The van der Waals surface area contributed by atoms with E-state index in [1.165, 1.54) is 0 Å². The number of nitrogens with one attached hydrogen (secondary N) is 2. The lowest BCUT2D eigenvalue weighted by atomic mass is 9.64. The third-order valence-electron chi connectivity index (χ3n) is 7.74. The summed E-state index contributed by atoms with van der Waals surface area (Å²) in [4.78, 5) is 39.7. The first-order chi connectivity index (χ1) is 19.0. The Morgan fingerprint density at radius 2 is 1.45 bits per heavy atom. The van der Waals surface area contributed by atoms with E-state index in [4.69, 9.17) is 9.47 Å². The van der Waals surface area contributed by atoms with Crippen LogP contribution in [0.2, 0.25) is 0 Å². The van der Waals surface area contributed by atoms with Crippen molar-refractivity contribution in [1.82, 2.24) is 5.32 Å². The van der Waals surface area contributed by atoms with Crippen LogP contribution in [0.1, 0.15) is 71.8 Å². The molecule has 40 heavy (non-hydrogen) atoms. The largest absolute Gasteiger partial charge is 0.490 e. The van der Waals surface area contributed by atoms with Crippen molar-refractivity contribution < 1.29 is 23.9 Å². The molecule has 0 unspecified atom stereocenters. The van der Waals surface area contributed by atoms with Crippen molar-refractivity contribution in [3.63, 3.8) is 0 Å². The van der Waals surface area contributed by atoms with Gasteiger partial charge in [-0.05, 0) is 60.4 Å². The second kappa shape index (κ2) is 10.6. The molecule has 0 radical (unpaired) electrons. The predicted molar refractivity (Wildman–Crippen MR) is 154 cm³/mol. The van der Waals surface area contributed by atoms with Gasteiger partial charge in [0.1, 0.15) is 0 Å². The van der Waals surface area contributed by atoms with E-state index in [9.17, 15) is 14.4 Å². The first-order valence-electron chi connectivity index (χ1n) is 14.0. The van der Waals surface area contributed by atoms with Gasteiger partial charge in [-0.1, -0.05) is 52.0 Å². The fourth-order valence-corrected chi connectivity index (χ4v) is 6.18. The molecule has 2 aromatic rings. The molecule has 1 aliphatic heterocycles. The first kappa shape index (κ1) is 27.7. The number of hydrogen-bond donors (Lipinski definition) is 2. The van der Waals surface area contributed by atoms with Crippen LogP contribution in [0.3, 0.4) is 0 Å². The highest BCUT2D eigenvalue weighted by atomic mass is 16.5. The number of rotatable bonds is 7. The van der Waals surface area contributed by atoms with E-state index in [0.29, 0.717) is 47.8 Å². The number of Topliss-reactive ketones (excluding diaryl/α,β-unsaturated/α-hetero) is 2. The molecular weight excluding hydrogens is 504 g/mol. The van der Waals surface area contributed by atoms with E-state index >= 15 is 0 Å². The molecule has 7 nitrogen and oxygen atoms in total. The number of para-hydroxylation sites is 1. The van der Waals surface area contributed by atoms with Crippen LogP contribution in [0.15, 0.2) is 71.1 Å². The number of ether oxygens (including phenoxy) is 2. The van der Waals surface area contributed by atoms with Gasteiger partial charge in [-0.25, -0.2) is 0 Å². The van der Waals surface area contributed by atoms with Gasteiger partial charge in [-0.15, -0.1) is 0 Å². The summed E-state index contributed by atoms with van der Waals surface area (Å²) in [6, 6.07) is 14.7. The molecule has 0 saturated carbocycles. The summed E-state index contributed by atoms with van der Waals surface area (Å²) in [7, 11) is 0. The van der Waals surface area contributed by atoms with Crippen LogP contribution in [-0.2, 0) is 14.4 Å². The number of carbonyl (C=O) groups is 3. The van der Waals surface area contributed by atoms with E-state index in [1.807, 2.05) is 49.4 Å². The number of allylic oxidation sites excluding steroid dienone is 4. The maximum absolute atomic E-state index is 13.6. The summed E-state index contributed by atoms with van der Waals surface area (Å²) in [5, 5.41) is 6.36. The molecular formula is C33H38N2O5. The summed E-state index contributed by atoms with van der Waals surface area (Å²) < 4.78 is 11.8. The van der Waals surface area contributed by atoms with Crippen molar-refractivity contribution in [2.24, 2.45) is 10.8 Å². The van der Waals surface area contributed by atoms with E-state index < -0.39 is 5.92 Å². The zero-order valence-corrected chi connectivity index (χ0v) is 24.0. The minimum absolute atomic E-state index is 0.0730. The lowest BCUT2D eigenvalue weighted by Crippen LogP contribution is -2.42. The quantitative estimate of drug-likeness (QED) is 0.441. The molecule has 7 heteroatoms. The second-order valence-corrected chi connectivity index (χ2v) is 12.6. The number of anilines is 1. The predicted octanol–water partition coefficient (Wildman–Crippen LogP) is 6.08. The normalized spacial score (nSPS) is 19.9. The Morgan fingerprint density at radius 1 is 0.850 bits per heavy atom.